The van der Waals surface area contributed by atoms with Gasteiger partial charge in [0.15, 0.2) is 0 Å². The molecular formula is C18H20N2O2. The van der Waals surface area contributed by atoms with Crippen LogP contribution in [0.25, 0.3) is 10.9 Å². The van der Waals surface area contributed by atoms with Crippen molar-refractivity contribution in [1.82, 2.24) is 4.57 Å². The average molecular weight is 296 g/mol. The molecule has 1 heterocycles. The zero-order valence-electron chi connectivity index (χ0n) is 12.9. The Hall–Kier alpha value is -2.46. The van der Waals surface area contributed by atoms with Crippen LogP contribution in [0.3, 0.4) is 0 Å². The molecule has 0 saturated carbocycles. The fourth-order valence-electron chi connectivity index (χ4n) is 2.55. The molecule has 0 spiro atoms. The summed E-state index contributed by atoms with van der Waals surface area (Å²) in [5.41, 5.74) is 9.14. The van der Waals surface area contributed by atoms with Crippen molar-refractivity contribution in [3.8, 4) is 11.5 Å². The van der Waals surface area contributed by atoms with Crippen molar-refractivity contribution in [2.45, 2.75) is 13.2 Å². The monoisotopic (exact) mass is 296 g/mol. The van der Waals surface area contributed by atoms with Crippen LogP contribution in [0.5, 0.6) is 11.5 Å². The molecule has 114 valence electrons. The third-order valence-corrected chi connectivity index (χ3v) is 3.87. The van der Waals surface area contributed by atoms with Gasteiger partial charge in [0.05, 0.1) is 12.8 Å². The zero-order chi connectivity index (χ0) is 15.5. The van der Waals surface area contributed by atoms with Crippen molar-refractivity contribution in [3.63, 3.8) is 0 Å². The molecular weight excluding hydrogens is 276 g/mol. The molecule has 0 fully saturated rings. The molecule has 4 heteroatoms. The number of aryl methyl sites for hydroxylation is 1. The van der Waals surface area contributed by atoms with Gasteiger partial charge in [0, 0.05) is 25.2 Å². The van der Waals surface area contributed by atoms with Crippen LogP contribution in [0.2, 0.25) is 0 Å². The second kappa shape index (κ2) is 6.12. The summed E-state index contributed by atoms with van der Waals surface area (Å²) in [5.74, 6) is 1.59. The van der Waals surface area contributed by atoms with Gasteiger partial charge in [-0.2, -0.15) is 0 Å². The van der Waals surface area contributed by atoms with Crippen molar-refractivity contribution >= 4 is 10.9 Å². The number of nitrogens with zero attached hydrogens (tertiary/aromatic N) is 1. The largest absolute Gasteiger partial charge is 0.497 e. The molecule has 0 aliphatic heterocycles. The molecule has 22 heavy (non-hydrogen) atoms. The molecule has 2 N–H and O–H groups in total. The lowest BCUT2D eigenvalue weighted by Gasteiger charge is -2.09. The van der Waals surface area contributed by atoms with E-state index < -0.39 is 0 Å². The highest BCUT2D eigenvalue weighted by atomic mass is 16.5. The lowest BCUT2D eigenvalue weighted by atomic mass is 10.1. The van der Waals surface area contributed by atoms with E-state index in [-0.39, 0.29) is 0 Å². The summed E-state index contributed by atoms with van der Waals surface area (Å²) in [4.78, 5) is 0. The molecule has 2 aromatic carbocycles. The highest BCUT2D eigenvalue weighted by molar-refractivity contribution is 5.82. The highest BCUT2D eigenvalue weighted by Gasteiger charge is 2.07. The minimum atomic E-state index is 0.510. The molecule has 3 aromatic rings. The number of aromatic nitrogens is 1. The Kier molecular flexibility index (Phi) is 4.02. The zero-order valence-corrected chi connectivity index (χ0v) is 12.9. The fraction of sp³-hybridized carbons (Fsp3) is 0.222. The van der Waals surface area contributed by atoms with Crippen LogP contribution in [0.4, 0.5) is 0 Å². The third kappa shape index (κ3) is 2.78. The quantitative estimate of drug-likeness (QED) is 0.786. The highest BCUT2D eigenvalue weighted by Crippen LogP contribution is 2.23. The Balaban J connectivity index is 1.83. The Labute approximate surface area is 130 Å². The predicted octanol–water partition coefficient (Wildman–Crippen LogP) is 3.22. The maximum absolute atomic E-state index is 5.88. The molecule has 0 aliphatic rings. The SMILES string of the molecule is COc1cccc(OCc2cc3ccc(CN)cc3n2C)c1. The van der Waals surface area contributed by atoms with E-state index in [1.165, 1.54) is 10.9 Å². The molecule has 0 saturated heterocycles. The van der Waals surface area contributed by atoms with Crippen LogP contribution < -0.4 is 15.2 Å². The lowest BCUT2D eigenvalue weighted by Crippen LogP contribution is -2.02. The number of ether oxygens (including phenoxy) is 2. The van der Waals surface area contributed by atoms with Crippen molar-refractivity contribution in [2.24, 2.45) is 12.8 Å². The number of methoxy groups -OCH3 is 1. The number of nitrogens with two attached hydrogens (primary N) is 1. The van der Waals surface area contributed by atoms with Gasteiger partial charge in [0.1, 0.15) is 18.1 Å². The second-order valence-electron chi connectivity index (χ2n) is 5.26. The summed E-state index contributed by atoms with van der Waals surface area (Å²) in [6.45, 7) is 1.06. The Morgan fingerprint density at radius 2 is 1.86 bits per heavy atom. The van der Waals surface area contributed by atoms with Crippen LogP contribution in [-0.4, -0.2) is 11.7 Å². The van der Waals surface area contributed by atoms with E-state index >= 15 is 0 Å². The molecule has 0 atom stereocenters. The first-order chi connectivity index (χ1) is 10.7. The number of rotatable bonds is 5. The van der Waals surface area contributed by atoms with Crippen LogP contribution in [0, 0.1) is 0 Å². The van der Waals surface area contributed by atoms with Crippen molar-refractivity contribution < 1.29 is 9.47 Å². The van der Waals surface area contributed by atoms with Gasteiger partial charge >= 0.3 is 0 Å². The first-order valence-electron chi connectivity index (χ1n) is 7.25. The van der Waals surface area contributed by atoms with Crippen LogP contribution in [-0.2, 0) is 20.2 Å². The topological polar surface area (TPSA) is 49.4 Å². The predicted molar refractivity (Wildman–Crippen MR) is 88.1 cm³/mol. The minimum Gasteiger partial charge on any atom is -0.497 e. The molecule has 4 nitrogen and oxygen atoms in total. The Bertz CT molecular complexity index is 793. The number of hydrogen-bond acceptors (Lipinski definition) is 3. The lowest BCUT2D eigenvalue weighted by molar-refractivity contribution is 0.295. The van der Waals surface area contributed by atoms with E-state index in [9.17, 15) is 0 Å². The van der Waals surface area contributed by atoms with Crippen molar-refractivity contribution in [1.29, 1.82) is 0 Å². The summed E-state index contributed by atoms with van der Waals surface area (Å²) in [6.07, 6.45) is 0. The second-order valence-corrected chi connectivity index (χ2v) is 5.26. The van der Waals surface area contributed by atoms with Gasteiger partial charge in [0.2, 0.25) is 0 Å². The van der Waals surface area contributed by atoms with Crippen LogP contribution in [0.1, 0.15) is 11.3 Å². The molecule has 3 rings (SSSR count). The maximum Gasteiger partial charge on any atom is 0.128 e. The number of hydrogen-bond donors (Lipinski definition) is 1. The van der Waals surface area contributed by atoms with E-state index in [1.54, 1.807) is 7.11 Å². The summed E-state index contributed by atoms with van der Waals surface area (Å²) < 4.78 is 13.2. The van der Waals surface area contributed by atoms with Crippen LogP contribution in [0.15, 0.2) is 48.5 Å². The third-order valence-electron chi connectivity index (χ3n) is 3.87. The number of fused-ring (bicyclic) bond motifs is 1. The van der Waals surface area contributed by atoms with E-state index in [1.807, 2.05) is 31.3 Å². The van der Waals surface area contributed by atoms with E-state index in [4.69, 9.17) is 15.2 Å². The minimum absolute atomic E-state index is 0.510. The molecule has 0 bridgehead atoms. The fourth-order valence-corrected chi connectivity index (χ4v) is 2.55. The first-order valence-corrected chi connectivity index (χ1v) is 7.25. The molecule has 0 aliphatic carbocycles. The van der Waals surface area contributed by atoms with Gasteiger partial charge in [-0.05, 0) is 35.2 Å². The maximum atomic E-state index is 5.88. The Morgan fingerprint density at radius 1 is 1.05 bits per heavy atom. The van der Waals surface area contributed by atoms with E-state index in [0.717, 1.165) is 22.8 Å². The van der Waals surface area contributed by atoms with Gasteiger partial charge in [-0.3, -0.25) is 0 Å². The van der Waals surface area contributed by atoms with E-state index in [0.29, 0.717) is 13.2 Å². The Morgan fingerprint density at radius 3 is 2.64 bits per heavy atom. The van der Waals surface area contributed by atoms with Crippen LogP contribution >= 0.6 is 0 Å². The van der Waals surface area contributed by atoms with Gasteiger partial charge in [-0.1, -0.05) is 18.2 Å². The van der Waals surface area contributed by atoms with Gasteiger partial charge in [-0.25, -0.2) is 0 Å². The van der Waals surface area contributed by atoms with Gasteiger partial charge in [0.25, 0.3) is 0 Å². The first kappa shape index (κ1) is 14.5. The summed E-state index contributed by atoms with van der Waals surface area (Å²) in [7, 11) is 3.70. The number of benzene rings is 2. The van der Waals surface area contributed by atoms with Gasteiger partial charge < -0.3 is 19.8 Å². The summed E-state index contributed by atoms with van der Waals surface area (Å²) in [6, 6.07) is 16.1. The smallest absolute Gasteiger partial charge is 0.128 e. The molecule has 0 amide bonds. The standard InChI is InChI=1S/C18H20N2O2/c1-20-15(9-14-7-6-13(11-19)8-18(14)20)12-22-17-5-3-4-16(10-17)21-2/h3-10H,11-12,19H2,1-2H3. The van der Waals surface area contributed by atoms with E-state index in [2.05, 4.69) is 28.8 Å². The van der Waals surface area contributed by atoms with Gasteiger partial charge in [-0.15, -0.1) is 0 Å². The van der Waals surface area contributed by atoms with Crippen molar-refractivity contribution in [3.05, 3.63) is 59.8 Å². The normalized spacial score (nSPS) is 10.9. The molecule has 0 radical (unpaired) electrons. The summed E-state index contributed by atoms with van der Waals surface area (Å²) >= 11 is 0. The van der Waals surface area contributed by atoms with Crippen molar-refractivity contribution in [2.75, 3.05) is 7.11 Å². The summed E-state index contributed by atoms with van der Waals surface area (Å²) in [5, 5.41) is 1.20. The molecule has 0 unspecified atom stereocenters. The molecule has 1 aromatic heterocycles. The average Bonchev–Trinajstić information content (AvgIpc) is 2.88.